The Labute approximate surface area is 171 Å². The van der Waals surface area contributed by atoms with E-state index in [9.17, 15) is 4.79 Å². The molecule has 0 bridgehead atoms. The van der Waals surface area contributed by atoms with Gasteiger partial charge in [-0.1, -0.05) is 6.07 Å². The number of likely N-dealkylation sites (tertiary alicyclic amines) is 1. The van der Waals surface area contributed by atoms with Gasteiger partial charge in [-0.3, -0.25) is 9.69 Å². The predicted octanol–water partition coefficient (Wildman–Crippen LogP) is 2.04. The Hall–Kier alpha value is -2.61. The minimum atomic E-state index is 0.144. The summed E-state index contributed by atoms with van der Waals surface area (Å²) in [6.45, 7) is 6.46. The Balaban J connectivity index is 1.49. The zero-order valence-corrected chi connectivity index (χ0v) is 17.4. The fourth-order valence-electron chi connectivity index (χ4n) is 4.45. The van der Waals surface area contributed by atoms with E-state index in [0.717, 1.165) is 80.8 Å². The first kappa shape index (κ1) is 19.7. The molecule has 0 saturated carbocycles. The minimum Gasteiger partial charge on any atom is -0.496 e. The molecule has 1 aromatic carbocycles. The van der Waals surface area contributed by atoms with Crippen molar-refractivity contribution in [2.75, 3.05) is 33.9 Å². The van der Waals surface area contributed by atoms with Crippen LogP contribution in [0.5, 0.6) is 11.5 Å². The van der Waals surface area contributed by atoms with Gasteiger partial charge in [0.1, 0.15) is 23.1 Å². The van der Waals surface area contributed by atoms with Crippen molar-refractivity contribution in [1.82, 2.24) is 24.6 Å². The molecule has 8 nitrogen and oxygen atoms in total. The molecule has 29 heavy (non-hydrogen) atoms. The number of ether oxygens (including phenoxy) is 2. The maximum absolute atomic E-state index is 11.8. The first-order valence-electron chi connectivity index (χ1n) is 10.2. The summed E-state index contributed by atoms with van der Waals surface area (Å²) in [7, 11) is 3.37. The Morgan fingerprint density at radius 1 is 1.14 bits per heavy atom. The first-order valence-corrected chi connectivity index (χ1v) is 10.2. The topological polar surface area (TPSA) is 72.7 Å². The van der Waals surface area contributed by atoms with Crippen LogP contribution in [0.25, 0.3) is 0 Å². The Bertz CT molecular complexity index is 859. The van der Waals surface area contributed by atoms with E-state index in [0.29, 0.717) is 0 Å². The summed E-state index contributed by atoms with van der Waals surface area (Å²) in [5, 5.41) is 9.01. The van der Waals surface area contributed by atoms with Crippen LogP contribution in [0.4, 0.5) is 0 Å². The number of benzene rings is 1. The molecule has 1 aromatic heterocycles. The van der Waals surface area contributed by atoms with E-state index >= 15 is 0 Å². The molecule has 0 aliphatic carbocycles. The average molecular weight is 399 g/mol. The summed E-state index contributed by atoms with van der Waals surface area (Å²) in [5.41, 5.74) is 1.05. The second kappa shape index (κ2) is 8.41. The number of hydrogen-bond donors (Lipinski definition) is 0. The molecule has 3 heterocycles. The van der Waals surface area contributed by atoms with Crippen molar-refractivity contribution in [3.63, 3.8) is 0 Å². The number of amides is 1. The van der Waals surface area contributed by atoms with Gasteiger partial charge in [-0.25, -0.2) is 0 Å². The molecule has 8 heteroatoms. The highest BCUT2D eigenvalue weighted by Gasteiger charge is 2.30. The van der Waals surface area contributed by atoms with E-state index < -0.39 is 0 Å². The molecule has 1 atom stereocenters. The third kappa shape index (κ3) is 3.94. The van der Waals surface area contributed by atoms with Gasteiger partial charge in [0.2, 0.25) is 5.91 Å². The Morgan fingerprint density at radius 3 is 2.59 bits per heavy atom. The minimum absolute atomic E-state index is 0.144. The van der Waals surface area contributed by atoms with Gasteiger partial charge in [-0.2, -0.15) is 0 Å². The van der Waals surface area contributed by atoms with Crippen LogP contribution in [0.3, 0.4) is 0 Å². The number of aromatic nitrogens is 3. The summed E-state index contributed by atoms with van der Waals surface area (Å²) in [5.74, 6) is 4.10. The van der Waals surface area contributed by atoms with E-state index in [1.54, 1.807) is 21.1 Å². The summed E-state index contributed by atoms with van der Waals surface area (Å²) in [6.07, 6.45) is 2.08. The van der Waals surface area contributed by atoms with Crippen LogP contribution in [-0.4, -0.2) is 64.3 Å². The molecule has 2 aliphatic heterocycles. The average Bonchev–Trinajstić information content (AvgIpc) is 3.17. The number of nitrogens with zero attached hydrogens (tertiary/aromatic N) is 5. The van der Waals surface area contributed by atoms with E-state index in [1.807, 2.05) is 23.1 Å². The number of fused-ring (bicyclic) bond motifs is 1. The van der Waals surface area contributed by atoms with E-state index in [-0.39, 0.29) is 11.8 Å². The predicted molar refractivity (Wildman–Crippen MR) is 108 cm³/mol. The van der Waals surface area contributed by atoms with Crippen molar-refractivity contribution < 1.29 is 14.3 Å². The van der Waals surface area contributed by atoms with Gasteiger partial charge >= 0.3 is 0 Å². The van der Waals surface area contributed by atoms with Gasteiger partial charge in [0.05, 0.1) is 26.3 Å². The van der Waals surface area contributed by atoms with Gasteiger partial charge in [0.15, 0.2) is 0 Å². The van der Waals surface area contributed by atoms with E-state index in [2.05, 4.69) is 19.7 Å². The van der Waals surface area contributed by atoms with Crippen molar-refractivity contribution >= 4 is 5.91 Å². The van der Waals surface area contributed by atoms with Crippen molar-refractivity contribution in [2.45, 2.75) is 45.3 Å². The molecule has 2 aromatic rings. The smallest absolute Gasteiger partial charge is 0.219 e. The van der Waals surface area contributed by atoms with Crippen molar-refractivity contribution in [2.24, 2.45) is 0 Å². The van der Waals surface area contributed by atoms with Gasteiger partial charge in [-0.05, 0) is 25.0 Å². The highest BCUT2D eigenvalue weighted by molar-refractivity contribution is 5.73. The second-order valence-electron chi connectivity index (χ2n) is 7.78. The molecule has 0 spiro atoms. The number of rotatable bonds is 5. The first-order chi connectivity index (χ1) is 14.1. The molecule has 0 unspecified atom stereocenters. The molecule has 4 rings (SSSR count). The largest absolute Gasteiger partial charge is 0.496 e. The highest BCUT2D eigenvalue weighted by atomic mass is 16.5. The molecule has 2 aliphatic rings. The lowest BCUT2D eigenvalue weighted by atomic mass is 9.97. The fraction of sp³-hybridized carbons (Fsp3) is 0.571. The molecular weight excluding hydrogens is 370 g/mol. The standard InChI is InChI=1S/C21H29N5O3/c1-15(27)25-9-5-6-16(12-25)21-23-22-20-14-24(10-11-26(20)21)13-17-18(28-2)7-4-8-19(17)29-3/h4,7-8,16H,5-6,9-14H2,1-3H3/t16-/m0/s1. The van der Waals surface area contributed by atoms with Crippen LogP contribution < -0.4 is 9.47 Å². The lowest BCUT2D eigenvalue weighted by Gasteiger charge is -2.33. The molecule has 1 fully saturated rings. The van der Waals surface area contributed by atoms with Gasteiger partial charge in [0, 0.05) is 45.6 Å². The van der Waals surface area contributed by atoms with Crippen molar-refractivity contribution in [1.29, 1.82) is 0 Å². The lowest BCUT2D eigenvalue weighted by Crippen LogP contribution is -2.39. The number of hydrogen-bond acceptors (Lipinski definition) is 6. The number of piperidine rings is 1. The van der Waals surface area contributed by atoms with Gasteiger partial charge in [-0.15, -0.1) is 10.2 Å². The highest BCUT2D eigenvalue weighted by Crippen LogP contribution is 2.32. The third-order valence-electron chi connectivity index (χ3n) is 6.00. The Morgan fingerprint density at radius 2 is 1.90 bits per heavy atom. The molecule has 1 saturated heterocycles. The molecule has 0 radical (unpaired) electrons. The van der Waals surface area contributed by atoms with Crippen LogP contribution in [0, 0.1) is 0 Å². The summed E-state index contributed by atoms with van der Waals surface area (Å²) >= 11 is 0. The molecule has 156 valence electrons. The van der Waals surface area contributed by atoms with Crippen LogP contribution in [0.15, 0.2) is 18.2 Å². The van der Waals surface area contributed by atoms with Crippen LogP contribution >= 0.6 is 0 Å². The van der Waals surface area contributed by atoms with Crippen LogP contribution in [0.1, 0.15) is 42.9 Å². The molecule has 0 N–H and O–H groups in total. The zero-order valence-electron chi connectivity index (χ0n) is 17.4. The van der Waals surface area contributed by atoms with E-state index in [1.165, 1.54) is 0 Å². The van der Waals surface area contributed by atoms with Gasteiger partial charge < -0.3 is 18.9 Å². The van der Waals surface area contributed by atoms with Crippen LogP contribution in [0.2, 0.25) is 0 Å². The fourth-order valence-corrected chi connectivity index (χ4v) is 4.45. The Kier molecular flexibility index (Phi) is 5.71. The van der Waals surface area contributed by atoms with Crippen molar-refractivity contribution in [3.8, 4) is 11.5 Å². The summed E-state index contributed by atoms with van der Waals surface area (Å²) in [6, 6.07) is 5.87. The third-order valence-corrected chi connectivity index (χ3v) is 6.00. The second-order valence-corrected chi connectivity index (χ2v) is 7.78. The normalized spacial score (nSPS) is 19.7. The maximum Gasteiger partial charge on any atom is 0.219 e. The quantitative estimate of drug-likeness (QED) is 0.766. The number of carbonyl (C=O) groups is 1. The number of carbonyl (C=O) groups excluding carboxylic acids is 1. The SMILES string of the molecule is COc1cccc(OC)c1CN1CCn2c(nnc2[C@H]2CCCN(C(C)=O)C2)C1. The maximum atomic E-state index is 11.8. The summed E-state index contributed by atoms with van der Waals surface area (Å²) in [4.78, 5) is 16.1. The number of methoxy groups -OCH3 is 2. The van der Waals surface area contributed by atoms with Gasteiger partial charge in [0.25, 0.3) is 0 Å². The van der Waals surface area contributed by atoms with E-state index in [4.69, 9.17) is 9.47 Å². The lowest BCUT2D eigenvalue weighted by molar-refractivity contribution is -0.130. The van der Waals surface area contributed by atoms with Crippen molar-refractivity contribution in [3.05, 3.63) is 35.4 Å². The summed E-state index contributed by atoms with van der Waals surface area (Å²) < 4.78 is 13.3. The van der Waals surface area contributed by atoms with Crippen LogP contribution in [-0.2, 0) is 24.4 Å². The molecular formula is C21H29N5O3. The molecule has 1 amide bonds. The monoisotopic (exact) mass is 399 g/mol. The zero-order chi connectivity index (χ0) is 20.4.